The molecule has 1 aromatic rings. The first kappa shape index (κ1) is 11.0. The normalized spacial score (nSPS) is 17.6. The lowest BCUT2D eigenvalue weighted by Crippen LogP contribution is -2.45. The van der Waals surface area contributed by atoms with Gasteiger partial charge in [0.05, 0.1) is 18.8 Å². The lowest BCUT2D eigenvalue weighted by atomic mass is 9.88. The Kier molecular flexibility index (Phi) is 2.83. The zero-order valence-corrected chi connectivity index (χ0v) is 9.19. The van der Waals surface area contributed by atoms with Crippen molar-refractivity contribution in [1.29, 1.82) is 0 Å². The quantitative estimate of drug-likeness (QED) is 0.814. The lowest BCUT2D eigenvalue weighted by Gasteiger charge is -2.38. The van der Waals surface area contributed by atoms with Crippen LogP contribution in [0.2, 0.25) is 0 Å². The second-order valence-electron chi connectivity index (χ2n) is 4.54. The summed E-state index contributed by atoms with van der Waals surface area (Å²) < 4.78 is 5.15. The van der Waals surface area contributed by atoms with E-state index in [0.717, 1.165) is 25.4 Å². The second-order valence-corrected chi connectivity index (χ2v) is 4.54. The van der Waals surface area contributed by atoms with E-state index in [0.29, 0.717) is 5.56 Å². The van der Waals surface area contributed by atoms with Crippen LogP contribution in [0, 0.1) is 5.41 Å². The van der Waals surface area contributed by atoms with E-state index in [9.17, 15) is 4.79 Å². The third-order valence-electron chi connectivity index (χ3n) is 2.73. The molecule has 16 heavy (non-hydrogen) atoms. The SMILES string of the molecule is CC1(CNc2cccc(C(=O)O)c2)COC1. The summed E-state index contributed by atoms with van der Waals surface area (Å²) >= 11 is 0. The van der Waals surface area contributed by atoms with Gasteiger partial charge in [0, 0.05) is 17.6 Å². The summed E-state index contributed by atoms with van der Waals surface area (Å²) in [6.45, 7) is 4.47. The average molecular weight is 221 g/mol. The number of aromatic carboxylic acids is 1. The molecule has 0 atom stereocenters. The Morgan fingerprint density at radius 3 is 2.88 bits per heavy atom. The Morgan fingerprint density at radius 1 is 1.56 bits per heavy atom. The van der Waals surface area contributed by atoms with Gasteiger partial charge in [0.1, 0.15) is 0 Å². The lowest BCUT2D eigenvalue weighted by molar-refractivity contribution is -0.0924. The van der Waals surface area contributed by atoms with Gasteiger partial charge in [-0.1, -0.05) is 13.0 Å². The van der Waals surface area contributed by atoms with Crippen LogP contribution in [0.4, 0.5) is 5.69 Å². The Balaban J connectivity index is 1.98. The van der Waals surface area contributed by atoms with Gasteiger partial charge in [-0.05, 0) is 18.2 Å². The van der Waals surface area contributed by atoms with Crippen LogP contribution >= 0.6 is 0 Å². The van der Waals surface area contributed by atoms with Crippen LogP contribution in [-0.4, -0.2) is 30.8 Å². The van der Waals surface area contributed by atoms with Crippen molar-refractivity contribution in [1.82, 2.24) is 0 Å². The maximum absolute atomic E-state index is 10.8. The number of ether oxygens (including phenoxy) is 1. The van der Waals surface area contributed by atoms with E-state index in [1.54, 1.807) is 18.2 Å². The highest BCUT2D eigenvalue weighted by atomic mass is 16.5. The Bertz CT molecular complexity index is 399. The molecule has 0 saturated carbocycles. The molecule has 1 aliphatic heterocycles. The number of hydrogen-bond acceptors (Lipinski definition) is 3. The topological polar surface area (TPSA) is 58.6 Å². The number of carboxylic acids is 1. The number of carbonyl (C=O) groups is 1. The number of carboxylic acid groups (broad SMARTS) is 1. The highest BCUT2D eigenvalue weighted by Crippen LogP contribution is 2.26. The first-order valence-electron chi connectivity index (χ1n) is 5.24. The van der Waals surface area contributed by atoms with Gasteiger partial charge in [0.25, 0.3) is 0 Å². The molecule has 1 heterocycles. The second kappa shape index (κ2) is 4.14. The predicted octanol–water partition coefficient (Wildman–Crippen LogP) is 1.83. The first-order chi connectivity index (χ1) is 7.59. The van der Waals surface area contributed by atoms with Crippen LogP contribution in [0.25, 0.3) is 0 Å². The van der Waals surface area contributed by atoms with Crippen LogP contribution in [-0.2, 0) is 4.74 Å². The van der Waals surface area contributed by atoms with E-state index in [1.807, 2.05) is 6.07 Å². The standard InChI is InChI=1S/C12H15NO3/c1-12(7-16-8-12)6-13-10-4-2-3-9(5-10)11(14)15/h2-5,13H,6-8H2,1H3,(H,14,15). The molecule has 4 heteroatoms. The maximum atomic E-state index is 10.8. The molecule has 2 N–H and O–H groups in total. The first-order valence-corrected chi connectivity index (χ1v) is 5.24. The molecule has 0 spiro atoms. The summed E-state index contributed by atoms with van der Waals surface area (Å²) in [5.74, 6) is -0.901. The Labute approximate surface area is 94.2 Å². The molecule has 2 rings (SSSR count). The van der Waals surface area contributed by atoms with Crippen LogP contribution in [0.5, 0.6) is 0 Å². The third-order valence-corrected chi connectivity index (χ3v) is 2.73. The molecule has 1 fully saturated rings. The monoisotopic (exact) mass is 221 g/mol. The van der Waals surface area contributed by atoms with Crippen molar-refractivity contribution in [2.24, 2.45) is 5.41 Å². The van der Waals surface area contributed by atoms with Gasteiger partial charge in [-0.25, -0.2) is 4.79 Å². The fourth-order valence-corrected chi connectivity index (χ4v) is 1.63. The van der Waals surface area contributed by atoms with Crippen molar-refractivity contribution in [2.45, 2.75) is 6.92 Å². The van der Waals surface area contributed by atoms with Gasteiger partial charge in [-0.2, -0.15) is 0 Å². The molecule has 4 nitrogen and oxygen atoms in total. The average Bonchev–Trinajstić information content (AvgIpc) is 2.24. The van der Waals surface area contributed by atoms with Crippen LogP contribution in [0.15, 0.2) is 24.3 Å². The van der Waals surface area contributed by atoms with E-state index in [-0.39, 0.29) is 5.41 Å². The van der Waals surface area contributed by atoms with E-state index in [4.69, 9.17) is 9.84 Å². The van der Waals surface area contributed by atoms with Crippen LogP contribution in [0.3, 0.4) is 0 Å². The highest BCUT2D eigenvalue weighted by molar-refractivity contribution is 5.88. The van der Waals surface area contributed by atoms with Crippen molar-refractivity contribution in [2.75, 3.05) is 25.1 Å². The molecule has 0 aromatic heterocycles. The van der Waals surface area contributed by atoms with Crippen LogP contribution < -0.4 is 5.32 Å². The van der Waals surface area contributed by atoms with Crippen LogP contribution in [0.1, 0.15) is 17.3 Å². The molecule has 1 saturated heterocycles. The largest absolute Gasteiger partial charge is 0.478 e. The Hall–Kier alpha value is -1.55. The minimum Gasteiger partial charge on any atom is -0.478 e. The molecule has 86 valence electrons. The third kappa shape index (κ3) is 2.33. The highest BCUT2D eigenvalue weighted by Gasteiger charge is 2.32. The predicted molar refractivity (Wildman–Crippen MR) is 60.8 cm³/mol. The number of benzene rings is 1. The Morgan fingerprint density at radius 2 is 2.31 bits per heavy atom. The zero-order valence-electron chi connectivity index (χ0n) is 9.19. The van der Waals surface area contributed by atoms with Crippen molar-refractivity contribution in [3.05, 3.63) is 29.8 Å². The van der Waals surface area contributed by atoms with Gasteiger partial charge in [0.2, 0.25) is 0 Å². The minimum atomic E-state index is -0.901. The van der Waals surface area contributed by atoms with Gasteiger partial charge in [0.15, 0.2) is 0 Å². The van der Waals surface area contributed by atoms with E-state index in [1.165, 1.54) is 0 Å². The number of anilines is 1. The van der Waals surface area contributed by atoms with E-state index >= 15 is 0 Å². The molecule has 0 aliphatic carbocycles. The number of hydrogen-bond donors (Lipinski definition) is 2. The summed E-state index contributed by atoms with van der Waals surface area (Å²) in [6, 6.07) is 6.84. The summed E-state index contributed by atoms with van der Waals surface area (Å²) in [5.41, 5.74) is 1.33. The van der Waals surface area contributed by atoms with Crippen molar-refractivity contribution < 1.29 is 14.6 Å². The van der Waals surface area contributed by atoms with Gasteiger partial charge in [-0.3, -0.25) is 0 Å². The number of nitrogens with one attached hydrogen (secondary N) is 1. The summed E-state index contributed by atoms with van der Waals surface area (Å²) in [7, 11) is 0. The molecular weight excluding hydrogens is 206 g/mol. The minimum absolute atomic E-state index is 0.180. The fraction of sp³-hybridized carbons (Fsp3) is 0.417. The van der Waals surface area contributed by atoms with Gasteiger partial charge in [-0.15, -0.1) is 0 Å². The number of rotatable bonds is 4. The summed E-state index contributed by atoms with van der Waals surface area (Å²) in [4.78, 5) is 10.8. The van der Waals surface area contributed by atoms with Crippen molar-refractivity contribution >= 4 is 11.7 Å². The molecule has 0 amide bonds. The molecule has 0 unspecified atom stereocenters. The van der Waals surface area contributed by atoms with Gasteiger partial charge >= 0.3 is 5.97 Å². The maximum Gasteiger partial charge on any atom is 0.335 e. The molecular formula is C12H15NO3. The molecule has 0 radical (unpaired) electrons. The smallest absolute Gasteiger partial charge is 0.335 e. The fourth-order valence-electron chi connectivity index (χ4n) is 1.63. The van der Waals surface area contributed by atoms with Crippen molar-refractivity contribution in [3.8, 4) is 0 Å². The van der Waals surface area contributed by atoms with Gasteiger partial charge < -0.3 is 15.2 Å². The van der Waals surface area contributed by atoms with E-state index in [2.05, 4.69) is 12.2 Å². The summed E-state index contributed by atoms with van der Waals surface area (Å²) in [5, 5.41) is 12.1. The zero-order chi connectivity index (χ0) is 11.6. The van der Waals surface area contributed by atoms with Crippen molar-refractivity contribution in [3.63, 3.8) is 0 Å². The van der Waals surface area contributed by atoms with E-state index < -0.39 is 5.97 Å². The summed E-state index contributed by atoms with van der Waals surface area (Å²) in [6.07, 6.45) is 0. The molecule has 1 aliphatic rings. The molecule has 0 bridgehead atoms. The molecule has 1 aromatic carbocycles.